The van der Waals surface area contributed by atoms with Crippen molar-refractivity contribution < 1.29 is 4.79 Å². The number of nitrogens with zero attached hydrogens (tertiary/aromatic N) is 1. The average Bonchev–Trinajstić information content (AvgIpc) is 2.66. The number of hydrogen-bond acceptors (Lipinski definition) is 2. The molecule has 0 spiro atoms. The van der Waals surface area contributed by atoms with Gasteiger partial charge in [-0.3, -0.25) is 10.1 Å². The van der Waals surface area contributed by atoms with E-state index in [0.717, 1.165) is 25.7 Å². The van der Waals surface area contributed by atoms with Gasteiger partial charge in [0, 0.05) is 6.04 Å². The van der Waals surface area contributed by atoms with Gasteiger partial charge in [-0.1, -0.05) is 46.5 Å². The van der Waals surface area contributed by atoms with Crippen LogP contribution in [-0.2, 0) is 4.79 Å². The molecule has 0 saturated carbocycles. The van der Waals surface area contributed by atoms with Gasteiger partial charge in [0.2, 0.25) is 5.91 Å². The van der Waals surface area contributed by atoms with Crippen molar-refractivity contribution in [3.05, 3.63) is 0 Å². The van der Waals surface area contributed by atoms with E-state index >= 15 is 0 Å². The smallest absolute Gasteiger partial charge is 0.241 e. The van der Waals surface area contributed by atoms with E-state index in [9.17, 15) is 4.79 Å². The van der Waals surface area contributed by atoms with Crippen molar-refractivity contribution in [3.8, 4) is 0 Å². The first-order valence-corrected chi connectivity index (χ1v) is 7.73. The summed E-state index contributed by atoms with van der Waals surface area (Å²) in [6.45, 7) is 8.70. The van der Waals surface area contributed by atoms with Crippen molar-refractivity contribution in [2.24, 2.45) is 0 Å². The van der Waals surface area contributed by atoms with Gasteiger partial charge in [0.1, 0.15) is 0 Å². The van der Waals surface area contributed by atoms with Crippen molar-refractivity contribution in [1.82, 2.24) is 10.2 Å². The predicted octanol–water partition coefficient (Wildman–Crippen LogP) is 3.29. The molecule has 0 aromatic carbocycles. The minimum Gasteiger partial charge on any atom is -0.323 e. The van der Waals surface area contributed by atoms with Crippen LogP contribution in [0.15, 0.2) is 0 Å². The highest BCUT2D eigenvalue weighted by molar-refractivity contribution is 5.84. The molecule has 3 unspecified atom stereocenters. The Labute approximate surface area is 112 Å². The minimum atomic E-state index is 0.0511. The van der Waals surface area contributed by atoms with Gasteiger partial charge in [0.25, 0.3) is 0 Å². The van der Waals surface area contributed by atoms with Crippen LogP contribution < -0.4 is 5.32 Å². The molecule has 0 radical (unpaired) electrons. The van der Waals surface area contributed by atoms with Crippen molar-refractivity contribution in [3.63, 3.8) is 0 Å². The molecule has 1 rings (SSSR count). The molecule has 3 atom stereocenters. The zero-order valence-corrected chi connectivity index (χ0v) is 12.5. The van der Waals surface area contributed by atoms with E-state index in [4.69, 9.17) is 0 Å². The van der Waals surface area contributed by atoms with Crippen molar-refractivity contribution >= 4 is 5.91 Å². The summed E-state index contributed by atoms with van der Waals surface area (Å²) in [5.41, 5.74) is 0. The zero-order valence-electron chi connectivity index (χ0n) is 12.5. The van der Waals surface area contributed by atoms with E-state index < -0.39 is 0 Å². The number of rotatable bonds is 8. The minimum absolute atomic E-state index is 0.0511. The van der Waals surface area contributed by atoms with Crippen LogP contribution in [0, 0.1) is 0 Å². The van der Waals surface area contributed by atoms with Crippen LogP contribution in [-0.4, -0.2) is 29.1 Å². The molecule has 0 aromatic heterocycles. The fourth-order valence-corrected chi connectivity index (χ4v) is 2.86. The summed E-state index contributed by atoms with van der Waals surface area (Å²) in [5, 5.41) is 3.49. The SMILES string of the molecule is CCCCCC(C)N1C(=O)C(CC)NC1CCC. The van der Waals surface area contributed by atoms with Gasteiger partial charge < -0.3 is 4.90 Å². The van der Waals surface area contributed by atoms with Crippen LogP contribution in [0.1, 0.15) is 72.6 Å². The first kappa shape index (κ1) is 15.5. The van der Waals surface area contributed by atoms with Crippen molar-refractivity contribution in [2.75, 3.05) is 0 Å². The molecule has 3 heteroatoms. The quantitative estimate of drug-likeness (QED) is 0.674. The zero-order chi connectivity index (χ0) is 13.5. The third-order valence-electron chi connectivity index (χ3n) is 3.95. The molecule has 106 valence electrons. The normalized spacial score (nSPS) is 25.8. The molecule has 0 bridgehead atoms. The highest BCUT2D eigenvalue weighted by Crippen LogP contribution is 2.22. The van der Waals surface area contributed by atoms with Gasteiger partial charge >= 0.3 is 0 Å². The Balaban J connectivity index is 2.59. The molecule has 18 heavy (non-hydrogen) atoms. The van der Waals surface area contributed by atoms with Crippen molar-refractivity contribution in [2.45, 2.75) is 90.9 Å². The number of hydrogen-bond donors (Lipinski definition) is 1. The first-order chi connectivity index (χ1) is 8.65. The summed E-state index contributed by atoms with van der Waals surface area (Å²) in [6, 6.07) is 0.430. The molecule has 0 aromatic rings. The standard InChI is InChI=1S/C15H30N2O/c1-5-8-9-11-12(4)17-14(10-6-2)16-13(7-3)15(17)18/h12-14,16H,5-11H2,1-4H3. The number of nitrogens with one attached hydrogen (secondary N) is 1. The molecule has 1 amide bonds. The summed E-state index contributed by atoms with van der Waals surface area (Å²) in [7, 11) is 0. The molecule has 1 saturated heterocycles. The molecule has 1 aliphatic heterocycles. The summed E-state index contributed by atoms with van der Waals surface area (Å²) in [4.78, 5) is 14.5. The fourth-order valence-electron chi connectivity index (χ4n) is 2.86. The van der Waals surface area contributed by atoms with Gasteiger partial charge in [-0.15, -0.1) is 0 Å². The number of carbonyl (C=O) groups is 1. The van der Waals surface area contributed by atoms with Crippen molar-refractivity contribution in [1.29, 1.82) is 0 Å². The summed E-state index contributed by atoms with van der Waals surface area (Å²) in [5.74, 6) is 0.319. The lowest BCUT2D eigenvalue weighted by Crippen LogP contribution is -2.43. The van der Waals surface area contributed by atoms with E-state index in [-0.39, 0.29) is 12.2 Å². The molecule has 3 nitrogen and oxygen atoms in total. The lowest BCUT2D eigenvalue weighted by molar-refractivity contribution is -0.132. The van der Waals surface area contributed by atoms with E-state index in [1.54, 1.807) is 0 Å². The van der Waals surface area contributed by atoms with Crippen LogP contribution in [0.4, 0.5) is 0 Å². The molecule has 1 fully saturated rings. The predicted molar refractivity (Wildman–Crippen MR) is 76.4 cm³/mol. The van der Waals surface area contributed by atoms with Gasteiger partial charge in [-0.05, 0) is 26.2 Å². The Bertz CT molecular complexity index is 255. The molecule has 1 N–H and O–H groups in total. The van der Waals surface area contributed by atoms with Crippen LogP contribution in [0.25, 0.3) is 0 Å². The van der Waals surface area contributed by atoms with Gasteiger partial charge in [-0.2, -0.15) is 0 Å². The second-order valence-electron chi connectivity index (χ2n) is 5.52. The molecular formula is C15H30N2O. The van der Waals surface area contributed by atoms with E-state index in [1.807, 2.05) is 0 Å². The monoisotopic (exact) mass is 254 g/mol. The van der Waals surface area contributed by atoms with E-state index in [1.165, 1.54) is 19.3 Å². The van der Waals surface area contributed by atoms with E-state index in [2.05, 4.69) is 37.9 Å². The van der Waals surface area contributed by atoms with Gasteiger partial charge in [0.15, 0.2) is 0 Å². The third kappa shape index (κ3) is 3.71. The summed E-state index contributed by atoms with van der Waals surface area (Å²) >= 11 is 0. The maximum absolute atomic E-state index is 12.4. The Morgan fingerprint density at radius 3 is 2.50 bits per heavy atom. The van der Waals surface area contributed by atoms with Crippen LogP contribution in [0.2, 0.25) is 0 Å². The maximum Gasteiger partial charge on any atom is 0.241 e. The van der Waals surface area contributed by atoms with Gasteiger partial charge in [0.05, 0.1) is 12.2 Å². The molecule has 0 aliphatic carbocycles. The highest BCUT2D eigenvalue weighted by atomic mass is 16.2. The molecular weight excluding hydrogens is 224 g/mol. The third-order valence-corrected chi connectivity index (χ3v) is 3.95. The van der Waals surface area contributed by atoms with Crippen LogP contribution >= 0.6 is 0 Å². The fraction of sp³-hybridized carbons (Fsp3) is 0.933. The Morgan fingerprint density at radius 2 is 1.94 bits per heavy atom. The Hall–Kier alpha value is -0.570. The summed E-state index contributed by atoms with van der Waals surface area (Å²) < 4.78 is 0. The number of amides is 1. The number of carbonyl (C=O) groups excluding carboxylic acids is 1. The molecule has 1 aliphatic rings. The lowest BCUT2D eigenvalue weighted by Gasteiger charge is -2.30. The lowest BCUT2D eigenvalue weighted by atomic mass is 10.1. The van der Waals surface area contributed by atoms with Gasteiger partial charge in [-0.25, -0.2) is 0 Å². The van der Waals surface area contributed by atoms with E-state index in [0.29, 0.717) is 11.9 Å². The topological polar surface area (TPSA) is 32.3 Å². The molecule has 1 heterocycles. The number of unbranched alkanes of at least 4 members (excludes halogenated alkanes) is 2. The average molecular weight is 254 g/mol. The second kappa shape index (κ2) is 7.78. The van der Waals surface area contributed by atoms with Crippen LogP contribution in [0.5, 0.6) is 0 Å². The maximum atomic E-state index is 12.4. The largest absolute Gasteiger partial charge is 0.323 e. The summed E-state index contributed by atoms with van der Waals surface area (Å²) in [6.07, 6.45) is 8.25. The highest BCUT2D eigenvalue weighted by Gasteiger charge is 2.39. The Morgan fingerprint density at radius 1 is 1.22 bits per heavy atom. The first-order valence-electron chi connectivity index (χ1n) is 7.73. The van der Waals surface area contributed by atoms with Crippen LogP contribution in [0.3, 0.4) is 0 Å². The Kier molecular flexibility index (Phi) is 6.69. The second-order valence-corrected chi connectivity index (χ2v) is 5.52.